The zero-order chi connectivity index (χ0) is 9.54. The standard InChI is InChI=1S/C11H11NO2/c13-11-10-7(6-12-11)3-4-9-8(10)2-1-5-14-9/h3-4H,1-2,5-6H2,(H,12,13). The second kappa shape index (κ2) is 2.74. The van der Waals surface area contributed by atoms with Crippen LogP contribution in [-0.4, -0.2) is 12.5 Å². The number of nitrogens with one attached hydrogen (secondary N) is 1. The van der Waals surface area contributed by atoms with Gasteiger partial charge in [-0.1, -0.05) is 6.07 Å². The van der Waals surface area contributed by atoms with Crippen LogP contribution in [0, 0.1) is 0 Å². The third-order valence-corrected chi connectivity index (χ3v) is 2.85. The van der Waals surface area contributed by atoms with E-state index in [4.69, 9.17) is 4.74 Å². The molecule has 3 nitrogen and oxygen atoms in total. The van der Waals surface area contributed by atoms with Gasteiger partial charge in [-0.25, -0.2) is 0 Å². The Kier molecular flexibility index (Phi) is 1.54. The van der Waals surface area contributed by atoms with E-state index in [1.54, 1.807) is 0 Å². The molecule has 0 fully saturated rings. The van der Waals surface area contributed by atoms with Crippen molar-refractivity contribution in [1.82, 2.24) is 5.32 Å². The number of amides is 1. The Morgan fingerprint density at radius 3 is 3.21 bits per heavy atom. The van der Waals surface area contributed by atoms with Gasteiger partial charge in [0.15, 0.2) is 0 Å². The zero-order valence-electron chi connectivity index (χ0n) is 7.80. The fraction of sp³-hybridized carbons (Fsp3) is 0.364. The van der Waals surface area contributed by atoms with Crippen molar-refractivity contribution in [2.45, 2.75) is 19.4 Å². The van der Waals surface area contributed by atoms with E-state index < -0.39 is 0 Å². The van der Waals surface area contributed by atoms with Crippen molar-refractivity contribution in [3.8, 4) is 5.75 Å². The molecular formula is C11H11NO2. The molecule has 0 bridgehead atoms. The molecule has 3 rings (SSSR count). The van der Waals surface area contributed by atoms with Crippen molar-refractivity contribution in [1.29, 1.82) is 0 Å². The van der Waals surface area contributed by atoms with E-state index in [9.17, 15) is 4.79 Å². The van der Waals surface area contributed by atoms with Crippen LogP contribution in [0.2, 0.25) is 0 Å². The Morgan fingerprint density at radius 2 is 2.29 bits per heavy atom. The van der Waals surface area contributed by atoms with E-state index in [-0.39, 0.29) is 5.91 Å². The van der Waals surface area contributed by atoms with Crippen LogP contribution >= 0.6 is 0 Å². The minimum Gasteiger partial charge on any atom is -0.493 e. The van der Waals surface area contributed by atoms with Crippen molar-refractivity contribution in [2.75, 3.05) is 6.61 Å². The molecule has 1 amide bonds. The Labute approximate surface area is 82.1 Å². The second-order valence-electron chi connectivity index (χ2n) is 3.71. The maximum absolute atomic E-state index is 11.6. The van der Waals surface area contributed by atoms with Gasteiger partial charge < -0.3 is 10.1 Å². The Hall–Kier alpha value is -1.51. The van der Waals surface area contributed by atoms with Crippen molar-refractivity contribution < 1.29 is 9.53 Å². The molecule has 1 aromatic rings. The summed E-state index contributed by atoms with van der Waals surface area (Å²) in [5.74, 6) is 0.953. The van der Waals surface area contributed by atoms with Crippen molar-refractivity contribution in [2.24, 2.45) is 0 Å². The lowest BCUT2D eigenvalue weighted by Crippen LogP contribution is -2.16. The normalized spacial score (nSPS) is 18.1. The molecular weight excluding hydrogens is 178 g/mol. The first-order valence-corrected chi connectivity index (χ1v) is 4.92. The van der Waals surface area contributed by atoms with Gasteiger partial charge >= 0.3 is 0 Å². The quantitative estimate of drug-likeness (QED) is 0.667. The van der Waals surface area contributed by atoms with E-state index in [1.165, 1.54) is 0 Å². The van der Waals surface area contributed by atoms with Gasteiger partial charge in [0.1, 0.15) is 5.75 Å². The number of hydrogen-bond acceptors (Lipinski definition) is 2. The first-order valence-electron chi connectivity index (χ1n) is 4.92. The maximum Gasteiger partial charge on any atom is 0.252 e. The van der Waals surface area contributed by atoms with E-state index in [0.29, 0.717) is 6.54 Å². The highest BCUT2D eigenvalue weighted by molar-refractivity contribution is 6.00. The highest BCUT2D eigenvalue weighted by Crippen LogP contribution is 2.32. The van der Waals surface area contributed by atoms with Gasteiger partial charge in [-0.15, -0.1) is 0 Å². The van der Waals surface area contributed by atoms with Crippen molar-refractivity contribution in [3.05, 3.63) is 28.8 Å². The topological polar surface area (TPSA) is 38.3 Å². The van der Waals surface area contributed by atoms with Gasteiger partial charge in [-0.3, -0.25) is 4.79 Å². The largest absolute Gasteiger partial charge is 0.493 e. The molecule has 1 N–H and O–H groups in total. The predicted molar refractivity (Wildman–Crippen MR) is 51.4 cm³/mol. The molecule has 0 unspecified atom stereocenters. The predicted octanol–water partition coefficient (Wildman–Crippen LogP) is 1.26. The minimum absolute atomic E-state index is 0.0577. The maximum atomic E-state index is 11.6. The van der Waals surface area contributed by atoms with Crippen LogP contribution in [0.3, 0.4) is 0 Å². The van der Waals surface area contributed by atoms with Crippen LogP contribution in [0.1, 0.15) is 27.9 Å². The lowest BCUT2D eigenvalue weighted by molar-refractivity contribution is 0.0964. The Morgan fingerprint density at radius 1 is 1.36 bits per heavy atom. The Balaban J connectivity index is 2.23. The van der Waals surface area contributed by atoms with Crippen molar-refractivity contribution >= 4 is 5.91 Å². The third-order valence-electron chi connectivity index (χ3n) is 2.85. The smallest absolute Gasteiger partial charge is 0.252 e. The minimum atomic E-state index is 0.0577. The summed E-state index contributed by atoms with van der Waals surface area (Å²) >= 11 is 0. The average molecular weight is 189 g/mol. The number of carbonyl (C=O) groups is 1. The molecule has 0 aromatic heterocycles. The van der Waals surface area contributed by atoms with Crippen LogP contribution < -0.4 is 10.1 Å². The van der Waals surface area contributed by atoms with Gasteiger partial charge in [0.2, 0.25) is 0 Å². The average Bonchev–Trinajstić information content (AvgIpc) is 2.61. The first-order chi connectivity index (χ1) is 6.86. The molecule has 3 heteroatoms. The van der Waals surface area contributed by atoms with Crippen LogP contribution in [0.4, 0.5) is 0 Å². The van der Waals surface area contributed by atoms with Gasteiger partial charge in [0.05, 0.1) is 12.2 Å². The summed E-state index contributed by atoms with van der Waals surface area (Å²) in [5.41, 5.74) is 3.07. The number of rotatable bonds is 0. The molecule has 0 saturated carbocycles. The van der Waals surface area contributed by atoms with Crippen LogP contribution in [0.15, 0.2) is 12.1 Å². The Bertz CT molecular complexity index is 412. The number of carbonyl (C=O) groups excluding carboxylic acids is 1. The molecule has 14 heavy (non-hydrogen) atoms. The number of ether oxygens (including phenoxy) is 1. The first kappa shape index (κ1) is 7.85. The molecule has 0 aliphatic carbocycles. The second-order valence-corrected chi connectivity index (χ2v) is 3.71. The SMILES string of the molecule is O=C1NCc2ccc3c(c21)CCCO3. The van der Waals surface area contributed by atoms with E-state index in [2.05, 4.69) is 5.32 Å². The molecule has 2 heterocycles. The number of fused-ring (bicyclic) bond motifs is 3. The van der Waals surface area contributed by atoms with E-state index >= 15 is 0 Å². The van der Waals surface area contributed by atoms with Gasteiger partial charge in [-0.05, 0) is 24.5 Å². The number of benzene rings is 1. The van der Waals surface area contributed by atoms with E-state index in [1.807, 2.05) is 12.1 Å². The molecule has 0 atom stereocenters. The summed E-state index contributed by atoms with van der Waals surface area (Å²) in [5, 5.41) is 2.84. The summed E-state index contributed by atoms with van der Waals surface area (Å²) in [6.07, 6.45) is 1.97. The fourth-order valence-electron chi connectivity index (χ4n) is 2.19. The number of hydrogen-bond donors (Lipinski definition) is 1. The summed E-state index contributed by atoms with van der Waals surface area (Å²) in [6, 6.07) is 3.96. The lowest BCUT2D eigenvalue weighted by Gasteiger charge is -2.18. The summed E-state index contributed by atoms with van der Waals surface area (Å²) in [7, 11) is 0. The van der Waals surface area contributed by atoms with Crippen LogP contribution in [-0.2, 0) is 13.0 Å². The lowest BCUT2D eigenvalue weighted by atomic mass is 9.97. The van der Waals surface area contributed by atoms with E-state index in [0.717, 1.165) is 41.9 Å². The monoisotopic (exact) mass is 189 g/mol. The molecule has 2 aliphatic heterocycles. The van der Waals surface area contributed by atoms with Gasteiger partial charge in [0, 0.05) is 12.1 Å². The van der Waals surface area contributed by atoms with Crippen molar-refractivity contribution in [3.63, 3.8) is 0 Å². The molecule has 2 aliphatic rings. The summed E-state index contributed by atoms with van der Waals surface area (Å²) in [6.45, 7) is 1.44. The zero-order valence-corrected chi connectivity index (χ0v) is 7.80. The third kappa shape index (κ3) is 0.953. The summed E-state index contributed by atoms with van der Waals surface area (Å²) in [4.78, 5) is 11.6. The molecule has 0 radical (unpaired) electrons. The molecule has 0 spiro atoms. The van der Waals surface area contributed by atoms with Crippen LogP contribution in [0.5, 0.6) is 5.75 Å². The molecule has 1 aromatic carbocycles. The van der Waals surface area contributed by atoms with Gasteiger partial charge in [0.25, 0.3) is 5.91 Å². The molecule has 0 saturated heterocycles. The van der Waals surface area contributed by atoms with Crippen LogP contribution in [0.25, 0.3) is 0 Å². The fourth-order valence-corrected chi connectivity index (χ4v) is 2.19. The highest BCUT2D eigenvalue weighted by Gasteiger charge is 2.26. The molecule has 72 valence electrons. The highest BCUT2D eigenvalue weighted by atomic mass is 16.5. The summed E-state index contributed by atoms with van der Waals surface area (Å²) < 4.78 is 5.52. The van der Waals surface area contributed by atoms with Gasteiger partial charge in [-0.2, -0.15) is 0 Å².